The second-order valence-corrected chi connectivity index (χ2v) is 7.55. The fourth-order valence-electron chi connectivity index (χ4n) is 4.41. The van der Waals surface area contributed by atoms with Gasteiger partial charge in [-0.15, -0.1) is 0 Å². The number of carbonyl (C=O) groups excluding carboxylic acids is 1. The van der Waals surface area contributed by atoms with Crippen LogP contribution in [0.1, 0.15) is 18.4 Å². The van der Waals surface area contributed by atoms with Gasteiger partial charge in [-0.05, 0) is 30.5 Å². The summed E-state index contributed by atoms with van der Waals surface area (Å²) in [7, 11) is 1.62. The third-order valence-corrected chi connectivity index (χ3v) is 6.01. The zero-order chi connectivity index (χ0) is 18.8. The number of rotatable bonds is 4. The predicted octanol–water partition coefficient (Wildman–Crippen LogP) is 1.72. The molecule has 0 bridgehead atoms. The highest BCUT2D eigenvalue weighted by Crippen LogP contribution is 2.40. The molecule has 1 saturated heterocycles. The lowest BCUT2D eigenvalue weighted by Crippen LogP contribution is -2.53. The van der Waals surface area contributed by atoms with Gasteiger partial charge < -0.3 is 19.3 Å². The van der Waals surface area contributed by atoms with Gasteiger partial charge in [-0.2, -0.15) is 0 Å². The van der Waals surface area contributed by atoms with E-state index in [1.807, 2.05) is 24.3 Å². The minimum atomic E-state index is -0.433. The molecule has 1 N–H and O–H groups in total. The maximum Gasteiger partial charge on any atom is 0.173 e. The van der Waals surface area contributed by atoms with Crippen LogP contribution < -0.4 is 4.74 Å². The van der Waals surface area contributed by atoms with Crippen molar-refractivity contribution in [1.82, 2.24) is 4.90 Å². The number of aliphatic hydroxyl groups is 1. The predicted molar refractivity (Wildman–Crippen MR) is 100 cm³/mol. The summed E-state index contributed by atoms with van der Waals surface area (Å²) in [6.07, 6.45) is 2.21. The lowest BCUT2D eigenvalue weighted by Gasteiger charge is -2.44. The maximum absolute atomic E-state index is 13.2. The van der Waals surface area contributed by atoms with Gasteiger partial charge in [0.1, 0.15) is 11.9 Å². The second kappa shape index (κ2) is 8.00. The minimum absolute atomic E-state index is 0.0560. The third-order valence-electron chi connectivity index (χ3n) is 6.01. The molecule has 0 amide bonds. The first-order chi connectivity index (χ1) is 13.2. The van der Waals surface area contributed by atoms with E-state index in [2.05, 4.69) is 4.90 Å². The summed E-state index contributed by atoms with van der Waals surface area (Å²) in [5.41, 5.74) is 1.45. The summed E-state index contributed by atoms with van der Waals surface area (Å²) in [6.45, 7) is 3.91. The van der Waals surface area contributed by atoms with Gasteiger partial charge in [0.15, 0.2) is 5.78 Å². The number of nitrogens with zero attached hydrogens (tertiary/aromatic N) is 1. The van der Waals surface area contributed by atoms with Crippen molar-refractivity contribution in [3.05, 3.63) is 36.1 Å². The second-order valence-electron chi connectivity index (χ2n) is 7.55. The lowest BCUT2D eigenvalue weighted by molar-refractivity contribution is -0.134. The van der Waals surface area contributed by atoms with Crippen LogP contribution in [0.3, 0.4) is 0 Å². The number of methoxy groups -OCH3 is 1. The number of hydrogen-bond acceptors (Lipinski definition) is 6. The molecule has 1 aliphatic carbocycles. The molecule has 1 aromatic carbocycles. The minimum Gasteiger partial charge on any atom is -0.497 e. The lowest BCUT2D eigenvalue weighted by atomic mass is 9.72. The van der Waals surface area contributed by atoms with E-state index < -0.39 is 6.10 Å². The summed E-state index contributed by atoms with van der Waals surface area (Å²) < 4.78 is 16.7. The largest absolute Gasteiger partial charge is 0.497 e. The molecule has 2 aliphatic heterocycles. The number of fused-ring (bicyclic) bond motifs is 1. The highest BCUT2D eigenvalue weighted by molar-refractivity contribution is 6.22. The molecule has 3 aliphatic rings. The smallest absolute Gasteiger partial charge is 0.173 e. The van der Waals surface area contributed by atoms with Crippen LogP contribution >= 0.6 is 0 Å². The number of ketones is 1. The first-order valence-corrected chi connectivity index (χ1v) is 9.70. The summed E-state index contributed by atoms with van der Waals surface area (Å²) in [4.78, 5) is 15.5. The van der Waals surface area contributed by atoms with Crippen molar-refractivity contribution in [3.63, 3.8) is 0 Å². The quantitative estimate of drug-likeness (QED) is 0.867. The fraction of sp³-hybridized carbons (Fsp3) is 0.571. The van der Waals surface area contributed by atoms with Gasteiger partial charge in [0.05, 0.1) is 44.2 Å². The molecule has 146 valence electrons. The normalized spacial score (nSPS) is 31.6. The molecule has 4 atom stereocenters. The summed E-state index contributed by atoms with van der Waals surface area (Å²) in [5, 5.41) is 10.6. The molecule has 4 rings (SSSR count). The Labute approximate surface area is 159 Å². The average Bonchev–Trinajstić information content (AvgIpc) is 2.71. The molecule has 1 saturated carbocycles. The Kier molecular flexibility index (Phi) is 5.48. The van der Waals surface area contributed by atoms with Crippen LogP contribution in [-0.2, 0) is 14.3 Å². The topological polar surface area (TPSA) is 68.2 Å². The Balaban J connectivity index is 1.53. The van der Waals surface area contributed by atoms with E-state index in [-0.39, 0.29) is 23.7 Å². The average molecular weight is 373 g/mol. The summed E-state index contributed by atoms with van der Waals surface area (Å²) >= 11 is 0. The molecule has 2 heterocycles. The molecule has 0 spiro atoms. The van der Waals surface area contributed by atoms with Crippen LogP contribution in [0, 0.1) is 11.8 Å². The standard InChI is InChI=1S/C21H27NO5/c1-25-15-4-2-14(3-5-15)18-13-27-21-16(20(18)24)6-7-19(23)17(21)12-22-8-10-26-11-9-22/h2-5,13,16-17,19,21,23H,6-12H2,1H3. The summed E-state index contributed by atoms with van der Waals surface area (Å²) in [5.74, 6) is 0.629. The first-order valence-electron chi connectivity index (χ1n) is 9.70. The van der Waals surface area contributed by atoms with Crippen molar-refractivity contribution < 1.29 is 24.1 Å². The zero-order valence-electron chi connectivity index (χ0n) is 15.7. The van der Waals surface area contributed by atoms with E-state index in [4.69, 9.17) is 14.2 Å². The van der Waals surface area contributed by atoms with Crippen LogP contribution in [0.4, 0.5) is 0 Å². The Morgan fingerprint density at radius 2 is 1.93 bits per heavy atom. The first kappa shape index (κ1) is 18.5. The fourth-order valence-corrected chi connectivity index (χ4v) is 4.41. The molecule has 27 heavy (non-hydrogen) atoms. The molecule has 6 nitrogen and oxygen atoms in total. The van der Waals surface area contributed by atoms with Gasteiger partial charge in [0.25, 0.3) is 0 Å². The van der Waals surface area contributed by atoms with Crippen molar-refractivity contribution in [3.8, 4) is 5.75 Å². The number of allylic oxidation sites excluding steroid dienone is 1. The van der Waals surface area contributed by atoms with Gasteiger partial charge >= 0.3 is 0 Å². The molecule has 6 heteroatoms. The third kappa shape index (κ3) is 3.74. The monoisotopic (exact) mass is 373 g/mol. The molecule has 4 unspecified atom stereocenters. The highest BCUT2D eigenvalue weighted by Gasteiger charge is 2.46. The van der Waals surface area contributed by atoms with Crippen LogP contribution in [0.25, 0.3) is 5.57 Å². The van der Waals surface area contributed by atoms with Gasteiger partial charge in [0.2, 0.25) is 0 Å². The number of hydrogen-bond donors (Lipinski definition) is 1. The number of Topliss-reactive ketones (excluding diaryl/α,β-unsaturated/α-hetero) is 1. The summed E-state index contributed by atoms with van der Waals surface area (Å²) in [6, 6.07) is 7.47. The van der Waals surface area contributed by atoms with Crippen LogP contribution in [0.5, 0.6) is 5.75 Å². The maximum atomic E-state index is 13.2. The molecule has 2 fully saturated rings. The number of ether oxygens (including phenoxy) is 3. The Morgan fingerprint density at radius 1 is 1.19 bits per heavy atom. The van der Waals surface area contributed by atoms with Gasteiger partial charge in [-0.1, -0.05) is 12.1 Å². The van der Waals surface area contributed by atoms with Crippen molar-refractivity contribution in [2.75, 3.05) is 40.0 Å². The molecular formula is C21H27NO5. The molecular weight excluding hydrogens is 346 g/mol. The van der Waals surface area contributed by atoms with Gasteiger partial charge in [0, 0.05) is 25.6 Å². The van der Waals surface area contributed by atoms with Gasteiger partial charge in [-0.25, -0.2) is 0 Å². The SMILES string of the molecule is COc1ccc(C2=COC3C(CCC(O)C3CN3CCOCC3)C2=O)cc1. The molecule has 1 aromatic rings. The number of aliphatic hydroxyl groups excluding tert-OH is 1. The van der Waals surface area contributed by atoms with Crippen molar-refractivity contribution in [2.24, 2.45) is 11.8 Å². The molecule has 0 radical (unpaired) electrons. The van der Waals surface area contributed by atoms with E-state index in [1.54, 1.807) is 13.4 Å². The number of benzene rings is 1. The van der Waals surface area contributed by atoms with Crippen molar-refractivity contribution >= 4 is 11.4 Å². The van der Waals surface area contributed by atoms with E-state index >= 15 is 0 Å². The van der Waals surface area contributed by atoms with E-state index in [9.17, 15) is 9.90 Å². The Morgan fingerprint density at radius 3 is 2.63 bits per heavy atom. The number of morpholine rings is 1. The van der Waals surface area contributed by atoms with E-state index in [1.165, 1.54) is 0 Å². The van der Waals surface area contributed by atoms with E-state index in [0.29, 0.717) is 18.4 Å². The van der Waals surface area contributed by atoms with Crippen LogP contribution in [0.2, 0.25) is 0 Å². The zero-order valence-corrected chi connectivity index (χ0v) is 15.7. The van der Waals surface area contributed by atoms with Crippen molar-refractivity contribution in [1.29, 1.82) is 0 Å². The van der Waals surface area contributed by atoms with Gasteiger partial charge in [-0.3, -0.25) is 9.69 Å². The Hall–Kier alpha value is -1.89. The highest BCUT2D eigenvalue weighted by atomic mass is 16.5. The van der Waals surface area contributed by atoms with Crippen LogP contribution in [-0.4, -0.2) is 68.0 Å². The van der Waals surface area contributed by atoms with Crippen LogP contribution in [0.15, 0.2) is 30.5 Å². The van der Waals surface area contributed by atoms with Crippen molar-refractivity contribution in [2.45, 2.75) is 25.0 Å². The Bertz CT molecular complexity index is 695. The number of carbonyl (C=O) groups is 1. The van der Waals surface area contributed by atoms with E-state index in [0.717, 1.165) is 44.2 Å². The molecule has 0 aromatic heterocycles.